The van der Waals surface area contributed by atoms with Crippen LogP contribution in [0.1, 0.15) is 17.2 Å². The minimum absolute atomic E-state index is 0.183. The molecule has 1 aromatic heterocycles. The van der Waals surface area contributed by atoms with Crippen LogP contribution in [-0.2, 0) is 16.0 Å². The van der Waals surface area contributed by atoms with E-state index in [1.807, 2.05) is 31.3 Å². The minimum Gasteiger partial charge on any atom is -0.454 e. The van der Waals surface area contributed by atoms with Gasteiger partial charge in [-0.05, 0) is 30.2 Å². The van der Waals surface area contributed by atoms with E-state index in [0.717, 1.165) is 22.6 Å². The molecule has 26 heavy (non-hydrogen) atoms. The molecule has 4 heterocycles. The van der Waals surface area contributed by atoms with Crippen LogP contribution in [0.3, 0.4) is 0 Å². The standard InChI is InChI=1S/C18H21N3O5/c1-10-5-20-21(7-10)16-17(22)15(14-8-23-18(16)26-14)19-6-11-2-3-12-13(4-11)25-9-24-12/h2-5,7,14-19,22H,6,8-9H2,1H3/t14-,15-,16-,17+,18-/m1/s1. The first-order valence-corrected chi connectivity index (χ1v) is 8.77. The zero-order chi connectivity index (χ0) is 17.7. The molecule has 2 aromatic rings. The van der Waals surface area contributed by atoms with Gasteiger partial charge in [-0.15, -0.1) is 0 Å². The van der Waals surface area contributed by atoms with Gasteiger partial charge in [0.15, 0.2) is 17.8 Å². The number of aliphatic hydroxyl groups excluding tert-OH is 1. The van der Waals surface area contributed by atoms with Gasteiger partial charge in [-0.25, -0.2) is 0 Å². The van der Waals surface area contributed by atoms with Crippen molar-refractivity contribution < 1.29 is 24.1 Å². The predicted octanol–water partition coefficient (Wildman–Crippen LogP) is 0.736. The van der Waals surface area contributed by atoms with Gasteiger partial charge in [-0.3, -0.25) is 4.68 Å². The van der Waals surface area contributed by atoms with E-state index in [1.165, 1.54) is 0 Å². The number of hydrogen-bond acceptors (Lipinski definition) is 7. The van der Waals surface area contributed by atoms with Crippen LogP contribution >= 0.6 is 0 Å². The molecule has 2 saturated heterocycles. The quantitative estimate of drug-likeness (QED) is 0.832. The Morgan fingerprint density at radius 3 is 3.04 bits per heavy atom. The zero-order valence-electron chi connectivity index (χ0n) is 14.4. The Kier molecular flexibility index (Phi) is 3.86. The number of fused-ring (bicyclic) bond motifs is 3. The van der Waals surface area contributed by atoms with Crippen LogP contribution in [0.25, 0.3) is 0 Å². The summed E-state index contributed by atoms with van der Waals surface area (Å²) in [5, 5.41) is 18.7. The number of nitrogens with one attached hydrogen (secondary N) is 1. The Bertz CT molecular complexity index is 810. The summed E-state index contributed by atoms with van der Waals surface area (Å²) in [6.07, 6.45) is 2.33. The molecular formula is C18H21N3O5. The van der Waals surface area contributed by atoms with E-state index in [4.69, 9.17) is 18.9 Å². The maximum atomic E-state index is 11.0. The number of aliphatic hydroxyl groups is 1. The zero-order valence-corrected chi connectivity index (χ0v) is 14.4. The highest BCUT2D eigenvalue weighted by Crippen LogP contribution is 2.36. The molecule has 3 aliphatic rings. The fraction of sp³-hybridized carbons (Fsp3) is 0.500. The van der Waals surface area contributed by atoms with E-state index in [1.54, 1.807) is 10.9 Å². The third kappa shape index (κ3) is 2.66. The molecule has 2 fully saturated rings. The van der Waals surface area contributed by atoms with Gasteiger partial charge in [0.05, 0.1) is 24.9 Å². The lowest BCUT2D eigenvalue weighted by Gasteiger charge is -2.38. The van der Waals surface area contributed by atoms with Crippen LogP contribution in [0, 0.1) is 6.92 Å². The van der Waals surface area contributed by atoms with Crippen molar-refractivity contribution in [1.29, 1.82) is 0 Å². The molecule has 0 amide bonds. The molecule has 138 valence electrons. The van der Waals surface area contributed by atoms with E-state index in [0.29, 0.717) is 13.2 Å². The molecule has 0 aliphatic carbocycles. The lowest BCUT2D eigenvalue weighted by molar-refractivity contribution is -0.168. The van der Waals surface area contributed by atoms with Gasteiger partial charge in [-0.1, -0.05) is 6.07 Å². The molecule has 8 heteroatoms. The Labute approximate surface area is 150 Å². The van der Waals surface area contributed by atoms with Crippen molar-refractivity contribution in [3.63, 3.8) is 0 Å². The van der Waals surface area contributed by atoms with Gasteiger partial charge in [0.25, 0.3) is 0 Å². The smallest absolute Gasteiger partial charge is 0.231 e. The van der Waals surface area contributed by atoms with Crippen LogP contribution in [0.15, 0.2) is 30.6 Å². The summed E-state index contributed by atoms with van der Waals surface area (Å²) in [5.74, 6) is 1.51. The highest BCUT2D eigenvalue weighted by molar-refractivity contribution is 5.44. The molecule has 8 nitrogen and oxygen atoms in total. The fourth-order valence-corrected chi connectivity index (χ4v) is 3.82. The second-order valence-electron chi connectivity index (χ2n) is 6.95. The minimum atomic E-state index is -0.672. The summed E-state index contributed by atoms with van der Waals surface area (Å²) in [7, 11) is 0. The summed E-state index contributed by atoms with van der Waals surface area (Å²) in [6, 6.07) is 5.20. The van der Waals surface area contributed by atoms with Crippen molar-refractivity contribution in [2.75, 3.05) is 13.4 Å². The van der Waals surface area contributed by atoms with Crippen LogP contribution in [0.4, 0.5) is 0 Å². The van der Waals surface area contributed by atoms with Crippen LogP contribution in [-0.4, -0.2) is 52.8 Å². The molecule has 5 atom stereocenters. The largest absolute Gasteiger partial charge is 0.454 e. The second kappa shape index (κ2) is 6.24. The third-order valence-electron chi connectivity index (χ3n) is 5.15. The number of aromatic nitrogens is 2. The molecular weight excluding hydrogens is 338 g/mol. The van der Waals surface area contributed by atoms with Gasteiger partial charge < -0.3 is 29.4 Å². The lowest BCUT2D eigenvalue weighted by Crippen LogP contribution is -2.57. The van der Waals surface area contributed by atoms with Crippen molar-refractivity contribution in [3.8, 4) is 11.5 Å². The Hall–Kier alpha value is -2.13. The van der Waals surface area contributed by atoms with Crippen molar-refractivity contribution in [2.24, 2.45) is 0 Å². The topological polar surface area (TPSA) is 87.0 Å². The van der Waals surface area contributed by atoms with Crippen LogP contribution in [0.2, 0.25) is 0 Å². The van der Waals surface area contributed by atoms with E-state index in [-0.39, 0.29) is 25.0 Å². The lowest BCUT2D eigenvalue weighted by atomic mass is 9.96. The maximum absolute atomic E-state index is 11.0. The molecule has 0 spiro atoms. The Balaban J connectivity index is 1.33. The molecule has 0 unspecified atom stereocenters. The van der Waals surface area contributed by atoms with Crippen LogP contribution < -0.4 is 14.8 Å². The highest BCUT2D eigenvalue weighted by atomic mass is 16.7. The molecule has 0 saturated carbocycles. The second-order valence-corrected chi connectivity index (χ2v) is 6.95. The summed E-state index contributed by atoms with van der Waals surface area (Å²) >= 11 is 0. The van der Waals surface area contributed by atoms with Gasteiger partial charge in [-0.2, -0.15) is 5.10 Å². The molecule has 1 aromatic carbocycles. The number of hydrogen-bond donors (Lipinski definition) is 2. The fourth-order valence-electron chi connectivity index (χ4n) is 3.82. The van der Waals surface area contributed by atoms with Crippen molar-refractivity contribution in [2.45, 2.75) is 44.1 Å². The van der Waals surface area contributed by atoms with E-state index < -0.39 is 12.4 Å². The third-order valence-corrected chi connectivity index (χ3v) is 5.15. The number of benzene rings is 1. The van der Waals surface area contributed by atoms with Crippen LogP contribution in [0.5, 0.6) is 11.5 Å². The average molecular weight is 359 g/mol. The molecule has 2 bridgehead atoms. The highest BCUT2D eigenvalue weighted by Gasteiger charge is 2.51. The Morgan fingerprint density at radius 2 is 2.19 bits per heavy atom. The first-order chi connectivity index (χ1) is 12.7. The average Bonchev–Trinajstić information content (AvgIpc) is 3.35. The van der Waals surface area contributed by atoms with Gasteiger partial charge in [0.1, 0.15) is 12.1 Å². The van der Waals surface area contributed by atoms with Crippen molar-refractivity contribution >= 4 is 0 Å². The first-order valence-electron chi connectivity index (χ1n) is 8.77. The molecule has 2 N–H and O–H groups in total. The molecule has 0 radical (unpaired) electrons. The summed E-state index contributed by atoms with van der Waals surface area (Å²) < 4.78 is 24.2. The van der Waals surface area contributed by atoms with E-state index in [2.05, 4.69) is 10.4 Å². The van der Waals surface area contributed by atoms with Crippen molar-refractivity contribution in [1.82, 2.24) is 15.1 Å². The molecule has 5 rings (SSSR count). The number of rotatable bonds is 4. The summed E-state index contributed by atoms with van der Waals surface area (Å²) in [6.45, 7) is 3.26. The SMILES string of the molecule is Cc1cnn([C@H]2[C@@H]3OC[C@@H](O3)[C@@H](NCc3ccc4c(c3)OCO4)[C@@H]2O)c1. The summed E-state index contributed by atoms with van der Waals surface area (Å²) in [4.78, 5) is 0. The number of nitrogens with zero attached hydrogens (tertiary/aromatic N) is 2. The van der Waals surface area contributed by atoms with E-state index >= 15 is 0 Å². The van der Waals surface area contributed by atoms with Gasteiger partial charge >= 0.3 is 0 Å². The Morgan fingerprint density at radius 1 is 1.31 bits per heavy atom. The summed E-state index contributed by atoms with van der Waals surface area (Å²) in [5.41, 5.74) is 2.08. The normalized spacial score (nSPS) is 32.2. The monoisotopic (exact) mass is 359 g/mol. The number of ether oxygens (including phenoxy) is 4. The van der Waals surface area contributed by atoms with Crippen molar-refractivity contribution in [3.05, 3.63) is 41.7 Å². The van der Waals surface area contributed by atoms with E-state index in [9.17, 15) is 5.11 Å². The number of aryl methyl sites for hydroxylation is 1. The van der Waals surface area contributed by atoms with Gasteiger partial charge in [0, 0.05) is 12.7 Å². The predicted molar refractivity (Wildman–Crippen MR) is 89.8 cm³/mol. The maximum Gasteiger partial charge on any atom is 0.231 e. The molecule has 3 aliphatic heterocycles. The van der Waals surface area contributed by atoms with Gasteiger partial charge in [0.2, 0.25) is 6.79 Å². The first kappa shape index (κ1) is 16.1.